The molecule has 0 spiro atoms. The predicted molar refractivity (Wildman–Crippen MR) is 80.1 cm³/mol. The van der Waals surface area contributed by atoms with Crippen molar-refractivity contribution >= 4 is 15.9 Å². The number of fused-ring (bicyclic) bond motifs is 1. The van der Waals surface area contributed by atoms with Crippen LogP contribution in [0.1, 0.15) is 16.7 Å². The van der Waals surface area contributed by atoms with Gasteiger partial charge in [-0.15, -0.1) is 0 Å². The molecule has 0 saturated carbocycles. The molecule has 0 bridgehead atoms. The van der Waals surface area contributed by atoms with Gasteiger partial charge in [0.15, 0.2) is 0 Å². The van der Waals surface area contributed by atoms with Gasteiger partial charge < -0.3 is 5.11 Å². The topological polar surface area (TPSA) is 23.5 Å². The van der Waals surface area contributed by atoms with Crippen molar-refractivity contribution in [2.75, 3.05) is 6.54 Å². The lowest BCUT2D eigenvalue weighted by Gasteiger charge is -2.29. The fraction of sp³-hybridized carbons (Fsp3) is 0.250. The second-order valence-corrected chi connectivity index (χ2v) is 5.86. The number of nitrogens with zero attached hydrogens (tertiary/aromatic N) is 1. The van der Waals surface area contributed by atoms with Crippen LogP contribution in [0.25, 0.3) is 0 Å². The average molecular weight is 318 g/mol. The Hall–Kier alpha value is -1.32. The highest BCUT2D eigenvalue weighted by atomic mass is 79.9. The first-order valence-electron chi connectivity index (χ1n) is 6.49. The van der Waals surface area contributed by atoms with Gasteiger partial charge in [0.1, 0.15) is 5.75 Å². The van der Waals surface area contributed by atoms with Crippen molar-refractivity contribution in [3.63, 3.8) is 0 Å². The van der Waals surface area contributed by atoms with E-state index in [9.17, 15) is 5.11 Å². The molecule has 0 fully saturated rings. The summed E-state index contributed by atoms with van der Waals surface area (Å²) in [6.45, 7) is 2.92. The van der Waals surface area contributed by atoms with E-state index >= 15 is 0 Å². The Morgan fingerprint density at radius 3 is 2.74 bits per heavy atom. The number of phenols is 1. The smallest absolute Gasteiger partial charge is 0.115 e. The molecule has 2 aromatic rings. The molecule has 1 heterocycles. The van der Waals surface area contributed by atoms with Crippen molar-refractivity contribution < 1.29 is 5.11 Å². The molecule has 0 aromatic heterocycles. The van der Waals surface area contributed by atoms with Crippen LogP contribution in [0.2, 0.25) is 0 Å². The lowest BCUT2D eigenvalue weighted by molar-refractivity contribution is 0.245. The average Bonchev–Trinajstić information content (AvgIpc) is 2.43. The number of rotatable bonds is 2. The molecule has 0 radical (unpaired) electrons. The van der Waals surface area contributed by atoms with E-state index in [1.165, 1.54) is 11.1 Å². The maximum Gasteiger partial charge on any atom is 0.115 e. The van der Waals surface area contributed by atoms with E-state index in [1.54, 1.807) is 6.07 Å². The molecule has 2 aromatic carbocycles. The van der Waals surface area contributed by atoms with Crippen LogP contribution in [0.4, 0.5) is 0 Å². The van der Waals surface area contributed by atoms with Gasteiger partial charge in [0.25, 0.3) is 0 Å². The number of halogens is 1. The molecule has 1 N–H and O–H groups in total. The third kappa shape index (κ3) is 2.82. The fourth-order valence-electron chi connectivity index (χ4n) is 2.61. The zero-order chi connectivity index (χ0) is 13.2. The van der Waals surface area contributed by atoms with Gasteiger partial charge in [0, 0.05) is 24.1 Å². The summed E-state index contributed by atoms with van der Waals surface area (Å²) in [5.41, 5.74) is 4.03. The normalized spacial score (nSPS) is 15.2. The molecule has 0 saturated heterocycles. The molecule has 3 heteroatoms. The van der Waals surface area contributed by atoms with Gasteiger partial charge in [-0.3, -0.25) is 4.90 Å². The van der Waals surface area contributed by atoms with Crippen LogP contribution in [-0.4, -0.2) is 16.6 Å². The molecule has 0 atom stereocenters. The molecule has 0 aliphatic carbocycles. The zero-order valence-electron chi connectivity index (χ0n) is 10.6. The van der Waals surface area contributed by atoms with E-state index in [0.29, 0.717) is 5.75 Å². The Kier molecular flexibility index (Phi) is 3.58. The summed E-state index contributed by atoms with van der Waals surface area (Å²) in [7, 11) is 0. The van der Waals surface area contributed by atoms with Crippen LogP contribution in [0.15, 0.2) is 46.9 Å². The molecular weight excluding hydrogens is 302 g/mol. The highest BCUT2D eigenvalue weighted by molar-refractivity contribution is 9.10. The maximum atomic E-state index is 9.59. The zero-order valence-corrected chi connectivity index (χ0v) is 12.2. The summed E-state index contributed by atoms with van der Waals surface area (Å²) in [4.78, 5) is 2.42. The van der Waals surface area contributed by atoms with Crippen molar-refractivity contribution in [2.24, 2.45) is 0 Å². The first kappa shape index (κ1) is 12.7. The molecular formula is C16H16BrNO. The second-order valence-electron chi connectivity index (χ2n) is 5.01. The van der Waals surface area contributed by atoms with Gasteiger partial charge >= 0.3 is 0 Å². The molecule has 19 heavy (non-hydrogen) atoms. The third-order valence-corrected chi connectivity index (χ3v) is 4.41. The number of benzene rings is 2. The number of phenolic OH excluding ortho intramolecular Hbond substituents is 1. The van der Waals surface area contributed by atoms with Crippen LogP contribution in [0.5, 0.6) is 5.75 Å². The van der Waals surface area contributed by atoms with Gasteiger partial charge in [-0.2, -0.15) is 0 Å². The minimum absolute atomic E-state index is 0.329. The minimum Gasteiger partial charge on any atom is -0.508 e. The Bertz CT molecular complexity index is 597. The first-order chi connectivity index (χ1) is 9.22. The third-order valence-electron chi connectivity index (χ3n) is 3.63. The van der Waals surface area contributed by atoms with Crippen LogP contribution in [0.3, 0.4) is 0 Å². The maximum absolute atomic E-state index is 9.59. The standard InChI is InChI=1S/C16H16BrNO/c17-16-6-5-15(19)9-14(16)11-18-8-7-12-3-1-2-4-13(12)10-18/h1-6,9,19H,7-8,10-11H2. The Morgan fingerprint density at radius 1 is 1.11 bits per heavy atom. The predicted octanol–water partition coefficient (Wildman–Crippen LogP) is 3.71. The summed E-state index contributed by atoms with van der Waals surface area (Å²) in [5.74, 6) is 0.329. The van der Waals surface area contributed by atoms with Crippen LogP contribution < -0.4 is 0 Å². The van der Waals surface area contributed by atoms with E-state index in [4.69, 9.17) is 0 Å². The lowest BCUT2D eigenvalue weighted by atomic mass is 9.99. The van der Waals surface area contributed by atoms with Crippen LogP contribution in [0, 0.1) is 0 Å². The number of hydrogen-bond acceptors (Lipinski definition) is 2. The van der Waals surface area contributed by atoms with E-state index < -0.39 is 0 Å². The summed E-state index contributed by atoms with van der Waals surface area (Å²) in [6.07, 6.45) is 1.10. The molecule has 1 aliphatic rings. The largest absolute Gasteiger partial charge is 0.508 e. The van der Waals surface area contributed by atoms with E-state index in [1.807, 2.05) is 12.1 Å². The number of aromatic hydroxyl groups is 1. The lowest BCUT2D eigenvalue weighted by Crippen LogP contribution is -2.30. The minimum atomic E-state index is 0.329. The van der Waals surface area contributed by atoms with Crippen molar-refractivity contribution in [1.29, 1.82) is 0 Å². The Labute approximate surface area is 121 Å². The van der Waals surface area contributed by atoms with E-state index in [2.05, 4.69) is 45.1 Å². The molecule has 2 nitrogen and oxygen atoms in total. The Balaban J connectivity index is 1.77. The van der Waals surface area contributed by atoms with Crippen molar-refractivity contribution in [3.8, 4) is 5.75 Å². The van der Waals surface area contributed by atoms with Crippen molar-refractivity contribution in [1.82, 2.24) is 4.90 Å². The van der Waals surface area contributed by atoms with Crippen molar-refractivity contribution in [3.05, 3.63) is 63.6 Å². The van der Waals surface area contributed by atoms with E-state index in [0.717, 1.165) is 36.1 Å². The van der Waals surface area contributed by atoms with Gasteiger partial charge in [-0.05, 0) is 41.3 Å². The monoisotopic (exact) mass is 317 g/mol. The summed E-state index contributed by atoms with van der Waals surface area (Å²) in [5, 5.41) is 9.59. The molecule has 0 amide bonds. The molecule has 98 valence electrons. The van der Waals surface area contributed by atoms with Gasteiger partial charge in [-0.25, -0.2) is 0 Å². The number of hydrogen-bond donors (Lipinski definition) is 1. The van der Waals surface area contributed by atoms with Gasteiger partial charge in [0.2, 0.25) is 0 Å². The summed E-state index contributed by atoms with van der Waals surface area (Å²) < 4.78 is 1.06. The van der Waals surface area contributed by atoms with Crippen LogP contribution in [-0.2, 0) is 19.5 Å². The molecule has 3 rings (SSSR count). The summed E-state index contributed by atoms with van der Waals surface area (Å²) >= 11 is 3.55. The highest BCUT2D eigenvalue weighted by Gasteiger charge is 2.16. The summed E-state index contributed by atoms with van der Waals surface area (Å²) in [6, 6.07) is 14.1. The first-order valence-corrected chi connectivity index (χ1v) is 7.28. The van der Waals surface area contributed by atoms with E-state index in [-0.39, 0.29) is 0 Å². The highest BCUT2D eigenvalue weighted by Crippen LogP contribution is 2.26. The fourth-order valence-corrected chi connectivity index (χ4v) is 2.98. The quantitative estimate of drug-likeness (QED) is 0.912. The van der Waals surface area contributed by atoms with Gasteiger partial charge in [0.05, 0.1) is 0 Å². The molecule has 0 unspecified atom stereocenters. The van der Waals surface area contributed by atoms with Gasteiger partial charge in [-0.1, -0.05) is 40.2 Å². The Morgan fingerprint density at radius 2 is 1.89 bits per heavy atom. The van der Waals surface area contributed by atoms with Crippen molar-refractivity contribution in [2.45, 2.75) is 19.5 Å². The van der Waals surface area contributed by atoms with Crippen LogP contribution >= 0.6 is 15.9 Å². The second kappa shape index (κ2) is 5.35. The SMILES string of the molecule is Oc1ccc(Br)c(CN2CCc3ccccc3C2)c1. The molecule has 1 aliphatic heterocycles.